The molecular formula is C14H11BrClFN2O2. The number of benzene rings is 2. The summed E-state index contributed by atoms with van der Waals surface area (Å²) in [6, 6.07) is 8.32. The van der Waals surface area contributed by atoms with Crippen LogP contribution in [0.15, 0.2) is 40.9 Å². The van der Waals surface area contributed by atoms with Crippen LogP contribution in [0.2, 0.25) is 5.02 Å². The zero-order valence-corrected chi connectivity index (χ0v) is 13.3. The number of hydrogen-bond acceptors (Lipinski definition) is 3. The number of nitrogens with zero attached hydrogens (tertiary/aromatic N) is 1. The molecule has 7 heteroatoms. The second-order valence-corrected chi connectivity index (χ2v) is 5.77. The van der Waals surface area contributed by atoms with Gasteiger partial charge in [0.05, 0.1) is 11.0 Å². The van der Waals surface area contributed by atoms with E-state index >= 15 is 0 Å². The Morgan fingerprint density at radius 3 is 2.67 bits per heavy atom. The van der Waals surface area contributed by atoms with Gasteiger partial charge in [-0.05, 0) is 30.7 Å². The van der Waals surface area contributed by atoms with E-state index in [1.54, 1.807) is 19.1 Å². The van der Waals surface area contributed by atoms with Gasteiger partial charge < -0.3 is 5.32 Å². The molecule has 4 nitrogen and oxygen atoms in total. The Hall–Kier alpha value is -1.66. The van der Waals surface area contributed by atoms with Crippen molar-refractivity contribution in [3.8, 4) is 0 Å². The monoisotopic (exact) mass is 372 g/mol. The molecule has 2 aromatic carbocycles. The first-order valence-electron chi connectivity index (χ1n) is 6.04. The molecule has 110 valence electrons. The van der Waals surface area contributed by atoms with Gasteiger partial charge in [-0.3, -0.25) is 10.1 Å². The van der Waals surface area contributed by atoms with E-state index in [-0.39, 0.29) is 17.4 Å². The Balaban J connectivity index is 2.33. The van der Waals surface area contributed by atoms with Gasteiger partial charge in [0.2, 0.25) is 0 Å². The van der Waals surface area contributed by atoms with E-state index in [1.165, 1.54) is 0 Å². The first-order chi connectivity index (χ1) is 9.88. The van der Waals surface area contributed by atoms with Crippen LogP contribution in [0.1, 0.15) is 18.5 Å². The molecule has 0 saturated carbocycles. The van der Waals surface area contributed by atoms with Gasteiger partial charge in [-0.1, -0.05) is 33.6 Å². The third-order valence-electron chi connectivity index (χ3n) is 2.96. The van der Waals surface area contributed by atoms with Crippen molar-refractivity contribution in [3.63, 3.8) is 0 Å². The van der Waals surface area contributed by atoms with E-state index in [2.05, 4.69) is 21.2 Å². The zero-order valence-electron chi connectivity index (χ0n) is 10.9. The predicted octanol–water partition coefficient (Wildman–Crippen LogP) is 5.32. The SMILES string of the molecule is CC(Nc1cc(F)ccc1[N+](=O)[O-])c1ccc(Br)cc1Cl. The summed E-state index contributed by atoms with van der Waals surface area (Å²) in [5.74, 6) is -0.544. The molecule has 21 heavy (non-hydrogen) atoms. The molecule has 2 aromatic rings. The molecular weight excluding hydrogens is 363 g/mol. The van der Waals surface area contributed by atoms with Crippen molar-refractivity contribution < 1.29 is 9.31 Å². The smallest absolute Gasteiger partial charge is 0.292 e. The fourth-order valence-corrected chi connectivity index (χ4v) is 2.78. The quantitative estimate of drug-likeness (QED) is 0.582. The molecule has 0 heterocycles. The number of hydrogen-bond donors (Lipinski definition) is 1. The highest BCUT2D eigenvalue weighted by molar-refractivity contribution is 9.10. The van der Waals surface area contributed by atoms with Crippen LogP contribution in [0.4, 0.5) is 15.8 Å². The Labute approximate surface area is 134 Å². The standard InChI is InChI=1S/C14H11BrClFN2O2/c1-8(11-4-2-9(15)6-12(11)16)18-13-7-10(17)3-5-14(13)19(20)21/h2-8,18H,1H3. The second-order valence-electron chi connectivity index (χ2n) is 4.45. The first-order valence-corrected chi connectivity index (χ1v) is 7.21. The summed E-state index contributed by atoms with van der Waals surface area (Å²) in [6.45, 7) is 1.80. The summed E-state index contributed by atoms with van der Waals surface area (Å²) in [5.41, 5.74) is 0.696. The van der Waals surface area contributed by atoms with Crippen LogP contribution in [-0.2, 0) is 0 Å². The fraction of sp³-hybridized carbons (Fsp3) is 0.143. The molecule has 0 aliphatic carbocycles. The maximum atomic E-state index is 13.3. The molecule has 0 radical (unpaired) electrons. The minimum atomic E-state index is -0.558. The van der Waals surface area contributed by atoms with Gasteiger partial charge in [-0.2, -0.15) is 0 Å². The van der Waals surface area contributed by atoms with E-state index in [4.69, 9.17) is 11.6 Å². The van der Waals surface area contributed by atoms with Gasteiger partial charge in [0, 0.05) is 21.6 Å². The molecule has 1 unspecified atom stereocenters. The van der Waals surface area contributed by atoms with Crippen molar-refractivity contribution in [1.82, 2.24) is 0 Å². The largest absolute Gasteiger partial charge is 0.373 e. The first kappa shape index (κ1) is 15.7. The molecule has 0 saturated heterocycles. The van der Waals surface area contributed by atoms with Crippen LogP contribution in [0, 0.1) is 15.9 Å². The topological polar surface area (TPSA) is 55.2 Å². The van der Waals surface area contributed by atoms with Crippen LogP contribution in [-0.4, -0.2) is 4.92 Å². The van der Waals surface area contributed by atoms with E-state index in [1.807, 2.05) is 6.07 Å². The molecule has 1 N–H and O–H groups in total. The van der Waals surface area contributed by atoms with Crippen LogP contribution in [0.3, 0.4) is 0 Å². The molecule has 0 aromatic heterocycles. The van der Waals surface area contributed by atoms with Crippen molar-refractivity contribution in [3.05, 3.63) is 67.4 Å². The normalized spacial score (nSPS) is 12.0. The summed E-state index contributed by atoms with van der Waals surface area (Å²) in [7, 11) is 0. The maximum absolute atomic E-state index is 13.3. The van der Waals surface area contributed by atoms with Crippen LogP contribution < -0.4 is 5.32 Å². The number of nitro benzene ring substituents is 1. The lowest BCUT2D eigenvalue weighted by Gasteiger charge is -2.17. The molecule has 1 atom stereocenters. The zero-order chi connectivity index (χ0) is 15.6. The summed E-state index contributed by atoms with van der Waals surface area (Å²) in [5, 5.41) is 14.4. The average Bonchev–Trinajstić information content (AvgIpc) is 2.37. The highest BCUT2D eigenvalue weighted by Crippen LogP contribution is 2.32. The van der Waals surface area contributed by atoms with E-state index < -0.39 is 10.7 Å². The summed E-state index contributed by atoms with van der Waals surface area (Å²) < 4.78 is 14.1. The minimum Gasteiger partial charge on any atom is -0.373 e. The van der Waals surface area contributed by atoms with Gasteiger partial charge >= 0.3 is 0 Å². The third kappa shape index (κ3) is 3.71. The summed E-state index contributed by atoms with van der Waals surface area (Å²) in [4.78, 5) is 10.4. The number of nitro groups is 1. The Morgan fingerprint density at radius 2 is 2.05 bits per heavy atom. The molecule has 0 fully saturated rings. The van der Waals surface area contributed by atoms with Crippen LogP contribution >= 0.6 is 27.5 Å². The highest BCUT2D eigenvalue weighted by Gasteiger charge is 2.18. The van der Waals surface area contributed by atoms with Gasteiger partial charge in [-0.15, -0.1) is 0 Å². The molecule has 0 amide bonds. The number of anilines is 1. The summed E-state index contributed by atoms with van der Waals surface area (Å²) >= 11 is 9.45. The van der Waals surface area contributed by atoms with Crippen molar-refractivity contribution in [2.24, 2.45) is 0 Å². The summed E-state index contributed by atoms with van der Waals surface area (Å²) in [6.07, 6.45) is 0. The lowest BCUT2D eigenvalue weighted by Crippen LogP contribution is -2.09. The maximum Gasteiger partial charge on any atom is 0.292 e. The van der Waals surface area contributed by atoms with Gasteiger partial charge in [0.15, 0.2) is 0 Å². The lowest BCUT2D eigenvalue weighted by atomic mass is 10.1. The number of halogens is 3. The Kier molecular flexibility index (Phi) is 4.80. The van der Waals surface area contributed by atoms with Crippen molar-refractivity contribution in [2.45, 2.75) is 13.0 Å². The highest BCUT2D eigenvalue weighted by atomic mass is 79.9. The van der Waals surface area contributed by atoms with Gasteiger partial charge in [0.25, 0.3) is 5.69 Å². The lowest BCUT2D eigenvalue weighted by molar-refractivity contribution is -0.384. The van der Waals surface area contributed by atoms with Crippen molar-refractivity contribution in [1.29, 1.82) is 0 Å². The average molecular weight is 374 g/mol. The van der Waals surface area contributed by atoms with Crippen LogP contribution in [0.5, 0.6) is 0 Å². The fourth-order valence-electron chi connectivity index (χ4n) is 1.95. The second kappa shape index (κ2) is 6.41. The molecule has 0 spiro atoms. The minimum absolute atomic E-state index is 0.117. The molecule has 0 bridgehead atoms. The Morgan fingerprint density at radius 1 is 1.33 bits per heavy atom. The van der Waals surface area contributed by atoms with Gasteiger partial charge in [0.1, 0.15) is 11.5 Å². The third-order valence-corrected chi connectivity index (χ3v) is 3.78. The van der Waals surface area contributed by atoms with Crippen molar-refractivity contribution in [2.75, 3.05) is 5.32 Å². The Bertz CT molecular complexity index is 697. The molecule has 2 rings (SSSR count). The van der Waals surface area contributed by atoms with E-state index in [9.17, 15) is 14.5 Å². The van der Waals surface area contributed by atoms with E-state index in [0.29, 0.717) is 5.02 Å². The number of nitrogens with one attached hydrogen (secondary N) is 1. The van der Waals surface area contributed by atoms with Gasteiger partial charge in [-0.25, -0.2) is 4.39 Å². The van der Waals surface area contributed by atoms with E-state index in [0.717, 1.165) is 28.2 Å². The molecule has 0 aliphatic heterocycles. The predicted molar refractivity (Wildman–Crippen MR) is 84.2 cm³/mol. The number of rotatable bonds is 4. The molecule has 0 aliphatic rings. The van der Waals surface area contributed by atoms with Crippen LogP contribution in [0.25, 0.3) is 0 Å². The van der Waals surface area contributed by atoms with Crippen molar-refractivity contribution >= 4 is 38.9 Å².